The monoisotopic (exact) mass is 178 g/mol. The second-order valence-corrected chi connectivity index (χ2v) is 3.27. The summed E-state index contributed by atoms with van der Waals surface area (Å²) in [5.74, 6) is 6.34. The van der Waals surface area contributed by atoms with E-state index in [4.69, 9.17) is 0 Å². The molecule has 0 aromatic heterocycles. The molecule has 0 spiro atoms. The third-order valence-electron chi connectivity index (χ3n) is 1.89. The van der Waals surface area contributed by atoms with Crippen LogP contribution in [0, 0.1) is 11.8 Å². The van der Waals surface area contributed by atoms with Gasteiger partial charge in [-0.15, -0.1) is 5.92 Å². The van der Waals surface area contributed by atoms with Crippen LogP contribution in [0.15, 0.2) is 12.2 Å². The van der Waals surface area contributed by atoms with Gasteiger partial charge in [0, 0.05) is 12.8 Å². The van der Waals surface area contributed by atoms with Crippen molar-refractivity contribution in [1.29, 1.82) is 0 Å². The summed E-state index contributed by atoms with van der Waals surface area (Å²) in [6.45, 7) is 4.42. The van der Waals surface area contributed by atoms with Gasteiger partial charge in [-0.1, -0.05) is 51.2 Å². The molecular weight excluding hydrogens is 156 g/mol. The summed E-state index contributed by atoms with van der Waals surface area (Å²) in [7, 11) is 0. The molecule has 0 nitrogen and oxygen atoms in total. The Morgan fingerprint density at radius 1 is 0.923 bits per heavy atom. The minimum atomic E-state index is 0.938. The van der Waals surface area contributed by atoms with Gasteiger partial charge in [-0.25, -0.2) is 0 Å². The van der Waals surface area contributed by atoms with E-state index in [0.29, 0.717) is 0 Å². The van der Waals surface area contributed by atoms with E-state index < -0.39 is 0 Å². The minimum Gasteiger partial charge on any atom is -0.103 e. The zero-order valence-electron chi connectivity index (χ0n) is 9.10. The van der Waals surface area contributed by atoms with E-state index in [1.807, 2.05) is 0 Å². The molecule has 0 heterocycles. The van der Waals surface area contributed by atoms with Crippen LogP contribution in [0.25, 0.3) is 0 Å². The normalized spacial score (nSPS) is 10.0. The minimum absolute atomic E-state index is 0.938. The topological polar surface area (TPSA) is 0 Å². The highest BCUT2D eigenvalue weighted by Crippen LogP contribution is 1.96. The van der Waals surface area contributed by atoms with Crippen molar-refractivity contribution in [1.82, 2.24) is 0 Å². The molecular formula is C13H22. The number of allylic oxidation sites excluding steroid dienone is 2. The summed E-state index contributed by atoms with van der Waals surface area (Å²) in [6.07, 6.45) is 12.7. The fourth-order valence-corrected chi connectivity index (χ4v) is 1.01. The Hall–Kier alpha value is -0.700. The Kier molecular flexibility index (Phi) is 10.7. The van der Waals surface area contributed by atoms with Crippen molar-refractivity contribution in [3.8, 4) is 11.8 Å². The molecule has 74 valence electrons. The molecule has 0 N–H and O–H groups in total. The first kappa shape index (κ1) is 12.3. The highest BCUT2D eigenvalue weighted by Gasteiger charge is 1.77. The second kappa shape index (κ2) is 11.3. The Labute approximate surface area is 83.4 Å². The Morgan fingerprint density at radius 3 is 2.38 bits per heavy atom. The molecule has 0 saturated heterocycles. The summed E-state index contributed by atoms with van der Waals surface area (Å²) in [4.78, 5) is 0. The lowest BCUT2D eigenvalue weighted by Gasteiger charge is -1.86. The first-order valence-corrected chi connectivity index (χ1v) is 5.52. The van der Waals surface area contributed by atoms with Gasteiger partial charge in [0.25, 0.3) is 0 Å². The number of unbranched alkanes of at least 4 members (excludes halogenated alkanes) is 4. The quantitative estimate of drug-likeness (QED) is 0.323. The third-order valence-corrected chi connectivity index (χ3v) is 1.89. The van der Waals surface area contributed by atoms with E-state index >= 15 is 0 Å². The lowest BCUT2D eigenvalue weighted by molar-refractivity contribution is 0.813. The molecule has 0 saturated carbocycles. The van der Waals surface area contributed by atoms with E-state index in [2.05, 4.69) is 37.8 Å². The van der Waals surface area contributed by atoms with Crippen LogP contribution in [-0.4, -0.2) is 0 Å². The lowest BCUT2D eigenvalue weighted by Crippen LogP contribution is -1.68. The Bertz CT molecular complexity index is 166. The standard InChI is InChI=1S/C13H22/c1-3-5-7-9-11-13-12-10-8-6-4-2/h9,11H,3-8,13H2,1-2H3/b11-9-. The number of hydrogen-bond donors (Lipinski definition) is 0. The van der Waals surface area contributed by atoms with Crippen LogP contribution in [0.3, 0.4) is 0 Å². The van der Waals surface area contributed by atoms with Crippen molar-refractivity contribution in [3.63, 3.8) is 0 Å². The molecule has 0 rings (SSSR count). The molecule has 0 bridgehead atoms. The van der Waals surface area contributed by atoms with Crippen molar-refractivity contribution in [2.75, 3.05) is 0 Å². The van der Waals surface area contributed by atoms with Gasteiger partial charge in [-0.3, -0.25) is 0 Å². The predicted molar refractivity (Wildman–Crippen MR) is 60.6 cm³/mol. The lowest BCUT2D eigenvalue weighted by atomic mass is 10.2. The van der Waals surface area contributed by atoms with Crippen molar-refractivity contribution in [2.24, 2.45) is 0 Å². The van der Waals surface area contributed by atoms with Gasteiger partial charge in [0.15, 0.2) is 0 Å². The predicted octanol–water partition coefficient (Wildman–Crippen LogP) is 4.32. The summed E-state index contributed by atoms with van der Waals surface area (Å²) >= 11 is 0. The smallest absolute Gasteiger partial charge is 0.0269 e. The van der Waals surface area contributed by atoms with Crippen LogP contribution < -0.4 is 0 Å². The van der Waals surface area contributed by atoms with Crippen LogP contribution >= 0.6 is 0 Å². The molecule has 0 amide bonds. The highest BCUT2D eigenvalue weighted by atomic mass is 13.8. The van der Waals surface area contributed by atoms with Gasteiger partial charge in [0.05, 0.1) is 0 Å². The molecule has 0 aliphatic carbocycles. The largest absolute Gasteiger partial charge is 0.103 e. The maximum Gasteiger partial charge on any atom is 0.0269 e. The van der Waals surface area contributed by atoms with E-state index in [9.17, 15) is 0 Å². The van der Waals surface area contributed by atoms with Crippen LogP contribution in [0.1, 0.15) is 58.8 Å². The van der Waals surface area contributed by atoms with Gasteiger partial charge >= 0.3 is 0 Å². The first-order chi connectivity index (χ1) is 6.41. The average molecular weight is 178 g/mol. The zero-order valence-corrected chi connectivity index (χ0v) is 9.10. The van der Waals surface area contributed by atoms with Gasteiger partial charge in [-0.2, -0.15) is 0 Å². The van der Waals surface area contributed by atoms with E-state index in [0.717, 1.165) is 12.8 Å². The van der Waals surface area contributed by atoms with Crippen molar-refractivity contribution in [3.05, 3.63) is 12.2 Å². The molecule has 0 aliphatic heterocycles. The molecule has 0 atom stereocenters. The SMILES string of the molecule is CCCCC#CC/C=C\CCCC. The summed E-state index contributed by atoms with van der Waals surface area (Å²) in [6, 6.07) is 0. The molecule has 0 unspecified atom stereocenters. The Morgan fingerprint density at radius 2 is 1.69 bits per heavy atom. The van der Waals surface area contributed by atoms with Crippen molar-refractivity contribution in [2.45, 2.75) is 58.8 Å². The molecule has 13 heavy (non-hydrogen) atoms. The Balaban J connectivity index is 3.20. The van der Waals surface area contributed by atoms with E-state index in [1.54, 1.807) is 0 Å². The maximum absolute atomic E-state index is 3.18. The fourth-order valence-electron chi connectivity index (χ4n) is 1.01. The zero-order chi connectivity index (χ0) is 9.78. The molecule has 0 aliphatic rings. The van der Waals surface area contributed by atoms with Gasteiger partial charge < -0.3 is 0 Å². The van der Waals surface area contributed by atoms with Crippen molar-refractivity contribution >= 4 is 0 Å². The molecule has 0 heteroatoms. The van der Waals surface area contributed by atoms with Crippen LogP contribution in [0.4, 0.5) is 0 Å². The third kappa shape index (κ3) is 11.3. The van der Waals surface area contributed by atoms with E-state index in [1.165, 1.54) is 32.1 Å². The van der Waals surface area contributed by atoms with Crippen LogP contribution in [0.2, 0.25) is 0 Å². The van der Waals surface area contributed by atoms with E-state index in [-0.39, 0.29) is 0 Å². The number of rotatable bonds is 6. The molecule has 0 aromatic carbocycles. The highest BCUT2D eigenvalue weighted by molar-refractivity contribution is 5.04. The summed E-state index contributed by atoms with van der Waals surface area (Å²) in [5.41, 5.74) is 0. The average Bonchev–Trinajstić information content (AvgIpc) is 2.16. The first-order valence-electron chi connectivity index (χ1n) is 5.52. The maximum atomic E-state index is 3.18. The summed E-state index contributed by atoms with van der Waals surface area (Å²) in [5, 5.41) is 0. The fraction of sp³-hybridized carbons (Fsp3) is 0.692. The van der Waals surface area contributed by atoms with Crippen molar-refractivity contribution < 1.29 is 0 Å². The van der Waals surface area contributed by atoms with Gasteiger partial charge in [0.2, 0.25) is 0 Å². The van der Waals surface area contributed by atoms with Gasteiger partial charge in [-0.05, 0) is 12.8 Å². The second-order valence-electron chi connectivity index (χ2n) is 3.27. The molecule has 0 aromatic rings. The number of hydrogen-bond acceptors (Lipinski definition) is 0. The van der Waals surface area contributed by atoms with Crippen LogP contribution in [-0.2, 0) is 0 Å². The van der Waals surface area contributed by atoms with Gasteiger partial charge in [0.1, 0.15) is 0 Å². The molecule has 0 fully saturated rings. The van der Waals surface area contributed by atoms with Crippen LogP contribution in [0.5, 0.6) is 0 Å². The molecule has 0 radical (unpaired) electrons. The summed E-state index contributed by atoms with van der Waals surface area (Å²) < 4.78 is 0.